The Labute approximate surface area is 132 Å². The number of furan rings is 1. The third-order valence-corrected chi connectivity index (χ3v) is 3.37. The number of benzene rings is 1. The Kier molecular flexibility index (Phi) is 4.05. The summed E-state index contributed by atoms with van der Waals surface area (Å²) in [6.07, 6.45) is 1.84. The molecule has 0 saturated carbocycles. The van der Waals surface area contributed by atoms with Crippen LogP contribution in [-0.2, 0) is 4.79 Å². The number of nitrogens with zero attached hydrogens (tertiary/aromatic N) is 1. The fourth-order valence-corrected chi connectivity index (χ4v) is 2.20. The van der Waals surface area contributed by atoms with Crippen molar-refractivity contribution < 1.29 is 14.0 Å². The van der Waals surface area contributed by atoms with Gasteiger partial charge in [0.05, 0.1) is 17.3 Å². The van der Waals surface area contributed by atoms with Gasteiger partial charge in [-0.15, -0.1) is 0 Å². The fraction of sp³-hybridized carbons (Fsp3) is 0.118. The highest BCUT2D eigenvalue weighted by molar-refractivity contribution is 6.07. The second kappa shape index (κ2) is 6.31. The van der Waals surface area contributed by atoms with Gasteiger partial charge in [0.2, 0.25) is 5.91 Å². The molecule has 1 aromatic carbocycles. The fourth-order valence-electron chi connectivity index (χ4n) is 2.20. The van der Waals surface area contributed by atoms with Crippen LogP contribution in [0.25, 0.3) is 22.4 Å². The SMILES string of the molecule is CCC(=O)NNC(=O)c1cc(-c2ccco2)nc2ccccc12. The van der Waals surface area contributed by atoms with E-state index in [0.29, 0.717) is 27.9 Å². The number of hydrazine groups is 1. The molecule has 116 valence electrons. The van der Waals surface area contributed by atoms with Crippen molar-refractivity contribution in [1.82, 2.24) is 15.8 Å². The average molecular weight is 309 g/mol. The molecule has 0 aliphatic heterocycles. The minimum Gasteiger partial charge on any atom is -0.463 e. The number of carbonyl (C=O) groups is 2. The van der Waals surface area contributed by atoms with Gasteiger partial charge in [-0.25, -0.2) is 4.98 Å². The third-order valence-electron chi connectivity index (χ3n) is 3.37. The maximum Gasteiger partial charge on any atom is 0.270 e. The van der Waals surface area contributed by atoms with Gasteiger partial charge in [-0.3, -0.25) is 20.4 Å². The quantitative estimate of drug-likeness (QED) is 0.729. The van der Waals surface area contributed by atoms with E-state index in [0.717, 1.165) is 0 Å². The summed E-state index contributed by atoms with van der Waals surface area (Å²) in [6, 6.07) is 12.5. The molecule has 2 amide bonds. The van der Waals surface area contributed by atoms with E-state index < -0.39 is 5.91 Å². The van der Waals surface area contributed by atoms with Gasteiger partial charge in [0.1, 0.15) is 5.69 Å². The summed E-state index contributed by atoms with van der Waals surface area (Å²) in [6.45, 7) is 1.71. The molecular weight excluding hydrogens is 294 g/mol. The summed E-state index contributed by atoms with van der Waals surface area (Å²) in [5.74, 6) is -0.0939. The number of para-hydroxylation sites is 1. The molecule has 2 heterocycles. The van der Waals surface area contributed by atoms with Crippen LogP contribution in [0.2, 0.25) is 0 Å². The van der Waals surface area contributed by atoms with Gasteiger partial charge in [-0.05, 0) is 24.3 Å². The molecule has 0 radical (unpaired) electrons. The predicted octanol–water partition coefficient (Wildman–Crippen LogP) is 2.67. The molecule has 0 bridgehead atoms. The number of fused-ring (bicyclic) bond motifs is 1. The van der Waals surface area contributed by atoms with Crippen LogP contribution in [-0.4, -0.2) is 16.8 Å². The lowest BCUT2D eigenvalue weighted by atomic mass is 10.1. The molecule has 23 heavy (non-hydrogen) atoms. The number of aromatic nitrogens is 1. The molecule has 3 aromatic rings. The zero-order valence-electron chi connectivity index (χ0n) is 12.5. The minimum absolute atomic E-state index is 0.261. The standard InChI is InChI=1S/C17H15N3O3/c1-2-16(21)19-20-17(22)12-10-14(15-8-5-9-23-15)18-13-7-4-3-6-11(12)13/h3-10H,2H2,1H3,(H,19,21)(H,20,22). The maximum absolute atomic E-state index is 12.4. The first kappa shape index (κ1) is 14.8. The molecule has 0 spiro atoms. The molecule has 0 unspecified atom stereocenters. The van der Waals surface area contributed by atoms with Gasteiger partial charge in [-0.1, -0.05) is 25.1 Å². The van der Waals surface area contributed by atoms with Gasteiger partial charge in [0, 0.05) is 11.8 Å². The average Bonchev–Trinajstić information content (AvgIpc) is 3.13. The Morgan fingerprint density at radius 2 is 1.96 bits per heavy atom. The highest BCUT2D eigenvalue weighted by Crippen LogP contribution is 2.25. The van der Waals surface area contributed by atoms with E-state index in [1.165, 1.54) is 0 Å². The molecule has 0 fully saturated rings. The molecule has 0 atom stereocenters. The van der Waals surface area contributed by atoms with Gasteiger partial charge in [-0.2, -0.15) is 0 Å². The molecule has 3 rings (SSSR count). The largest absolute Gasteiger partial charge is 0.463 e. The van der Waals surface area contributed by atoms with Crippen LogP contribution in [0.3, 0.4) is 0 Å². The van der Waals surface area contributed by atoms with E-state index in [4.69, 9.17) is 4.42 Å². The molecule has 6 heteroatoms. The van der Waals surface area contributed by atoms with Crippen LogP contribution in [0, 0.1) is 0 Å². The number of amides is 2. The minimum atomic E-state index is -0.404. The van der Waals surface area contributed by atoms with E-state index in [1.807, 2.05) is 24.3 Å². The summed E-state index contributed by atoms with van der Waals surface area (Å²) in [5, 5.41) is 0.700. The normalized spacial score (nSPS) is 10.5. The van der Waals surface area contributed by atoms with Gasteiger partial charge < -0.3 is 4.42 Å². The summed E-state index contributed by atoms with van der Waals surface area (Å²) in [7, 11) is 0. The zero-order valence-corrected chi connectivity index (χ0v) is 12.5. The molecule has 6 nitrogen and oxygen atoms in total. The van der Waals surface area contributed by atoms with Crippen molar-refractivity contribution in [2.24, 2.45) is 0 Å². The van der Waals surface area contributed by atoms with Crippen LogP contribution in [0.15, 0.2) is 53.1 Å². The Morgan fingerprint density at radius 3 is 2.70 bits per heavy atom. The van der Waals surface area contributed by atoms with Crippen molar-refractivity contribution >= 4 is 22.7 Å². The van der Waals surface area contributed by atoms with Gasteiger partial charge in [0.15, 0.2) is 5.76 Å². The summed E-state index contributed by atoms with van der Waals surface area (Å²) < 4.78 is 5.35. The van der Waals surface area contributed by atoms with Gasteiger partial charge >= 0.3 is 0 Å². The Hall–Kier alpha value is -3.15. The second-order valence-electron chi connectivity index (χ2n) is 4.91. The van der Waals surface area contributed by atoms with Crippen LogP contribution in [0.1, 0.15) is 23.7 Å². The van der Waals surface area contributed by atoms with E-state index in [9.17, 15) is 9.59 Å². The molecule has 0 saturated heterocycles. The molecule has 2 aromatic heterocycles. The van der Waals surface area contributed by atoms with Crippen molar-refractivity contribution in [2.45, 2.75) is 13.3 Å². The zero-order chi connectivity index (χ0) is 16.2. The van der Waals surface area contributed by atoms with E-state index in [1.54, 1.807) is 31.4 Å². The Bertz CT molecular complexity index is 857. The number of hydrogen-bond acceptors (Lipinski definition) is 4. The Balaban J connectivity index is 2.03. The van der Waals surface area contributed by atoms with Crippen LogP contribution >= 0.6 is 0 Å². The second-order valence-corrected chi connectivity index (χ2v) is 4.91. The first-order valence-electron chi connectivity index (χ1n) is 7.22. The molecule has 0 aliphatic rings. The molecule has 2 N–H and O–H groups in total. The number of nitrogens with one attached hydrogen (secondary N) is 2. The van der Waals surface area contributed by atoms with Crippen LogP contribution in [0.5, 0.6) is 0 Å². The number of rotatable bonds is 3. The third kappa shape index (κ3) is 3.06. The maximum atomic E-state index is 12.4. The highest BCUT2D eigenvalue weighted by Gasteiger charge is 2.15. The van der Waals surface area contributed by atoms with Crippen molar-refractivity contribution in [1.29, 1.82) is 0 Å². The first-order valence-corrected chi connectivity index (χ1v) is 7.22. The van der Waals surface area contributed by atoms with Crippen molar-refractivity contribution in [3.05, 3.63) is 54.3 Å². The topological polar surface area (TPSA) is 84.2 Å². The lowest BCUT2D eigenvalue weighted by Crippen LogP contribution is -2.41. The monoisotopic (exact) mass is 309 g/mol. The number of hydrogen-bond donors (Lipinski definition) is 2. The smallest absolute Gasteiger partial charge is 0.270 e. The summed E-state index contributed by atoms with van der Waals surface area (Å²) >= 11 is 0. The first-order chi connectivity index (χ1) is 11.2. The van der Waals surface area contributed by atoms with Crippen LogP contribution in [0.4, 0.5) is 0 Å². The van der Waals surface area contributed by atoms with Crippen molar-refractivity contribution in [2.75, 3.05) is 0 Å². The number of carbonyl (C=O) groups excluding carboxylic acids is 2. The van der Waals surface area contributed by atoms with E-state index in [2.05, 4.69) is 15.8 Å². The molecular formula is C17H15N3O3. The summed E-state index contributed by atoms with van der Waals surface area (Å²) in [5.41, 5.74) is 6.43. The predicted molar refractivity (Wildman–Crippen MR) is 85.3 cm³/mol. The Morgan fingerprint density at radius 1 is 1.13 bits per heavy atom. The van der Waals surface area contributed by atoms with E-state index in [-0.39, 0.29) is 12.3 Å². The van der Waals surface area contributed by atoms with Crippen molar-refractivity contribution in [3.8, 4) is 11.5 Å². The lowest BCUT2D eigenvalue weighted by Gasteiger charge is -2.10. The summed E-state index contributed by atoms with van der Waals surface area (Å²) in [4.78, 5) is 28.2. The molecule has 0 aliphatic carbocycles. The highest BCUT2D eigenvalue weighted by atomic mass is 16.3. The van der Waals surface area contributed by atoms with Gasteiger partial charge in [0.25, 0.3) is 5.91 Å². The van der Waals surface area contributed by atoms with E-state index >= 15 is 0 Å². The number of pyridine rings is 1. The van der Waals surface area contributed by atoms with Crippen molar-refractivity contribution in [3.63, 3.8) is 0 Å². The lowest BCUT2D eigenvalue weighted by molar-refractivity contribution is -0.121. The van der Waals surface area contributed by atoms with Crippen LogP contribution < -0.4 is 10.9 Å².